The number of anilines is 1. The van der Waals surface area contributed by atoms with E-state index in [0.717, 1.165) is 20.1 Å². The number of nitriles is 1. The van der Waals surface area contributed by atoms with Crippen molar-refractivity contribution in [3.63, 3.8) is 0 Å². The van der Waals surface area contributed by atoms with Crippen LogP contribution in [0.1, 0.15) is 16.7 Å². The molecule has 0 bridgehead atoms. The summed E-state index contributed by atoms with van der Waals surface area (Å²) >= 11 is 6.92. The molecule has 0 unspecified atom stereocenters. The highest BCUT2D eigenvalue weighted by Crippen LogP contribution is 2.28. The summed E-state index contributed by atoms with van der Waals surface area (Å²) in [4.78, 5) is 12.7. The number of carbonyl (C=O) groups excluding carboxylic acids is 1. The van der Waals surface area contributed by atoms with E-state index in [-0.39, 0.29) is 5.57 Å². The third-order valence-corrected chi connectivity index (χ3v) is 6.45. The Kier molecular flexibility index (Phi) is 9.14. The van der Waals surface area contributed by atoms with Gasteiger partial charge in [0.1, 0.15) is 36.4 Å². The van der Waals surface area contributed by atoms with Gasteiger partial charge in [0.05, 0.1) is 4.47 Å². The van der Waals surface area contributed by atoms with Gasteiger partial charge in [0.15, 0.2) is 0 Å². The highest BCUT2D eigenvalue weighted by atomic mass is 79.9. The molecule has 5 nitrogen and oxygen atoms in total. The number of hydrogen-bond donors (Lipinski definition) is 1. The molecule has 0 aliphatic heterocycles. The van der Waals surface area contributed by atoms with Gasteiger partial charge in [-0.2, -0.15) is 5.26 Å². The first-order valence-electron chi connectivity index (χ1n) is 11.4. The van der Waals surface area contributed by atoms with Crippen LogP contribution in [0.5, 0.6) is 11.5 Å². The second-order valence-corrected chi connectivity index (χ2v) is 9.80. The number of amides is 1. The third kappa shape index (κ3) is 7.81. The molecule has 4 rings (SSSR count). The minimum atomic E-state index is -0.494. The zero-order valence-electron chi connectivity index (χ0n) is 19.7. The average Bonchev–Trinajstić information content (AvgIpc) is 2.92. The zero-order chi connectivity index (χ0) is 26.0. The lowest BCUT2D eigenvalue weighted by Crippen LogP contribution is -2.13. The summed E-state index contributed by atoms with van der Waals surface area (Å²) in [7, 11) is 0. The first-order valence-corrected chi connectivity index (χ1v) is 13.0. The van der Waals surface area contributed by atoms with Crippen LogP contribution in [-0.2, 0) is 18.0 Å². The molecule has 37 heavy (non-hydrogen) atoms. The molecule has 7 heteroatoms. The van der Waals surface area contributed by atoms with Crippen LogP contribution in [-0.4, -0.2) is 5.91 Å². The molecule has 0 fully saturated rings. The molecule has 0 aromatic heterocycles. The van der Waals surface area contributed by atoms with Crippen molar-refractivity contribution in [3.05, 3.63) is 128 Å². The predicted molar refractivity (Wildman–Crippen MR) is 152 cm³/mol. The van der Waals surface area contributed by atoms with Gasteiger partial charge in [-0.15, -0.1) is 0 Å². The Bertz CT molecular complexity index is 1430. The van der Waals surface area contributed by atoms with Gasteiger partial charge in [-0.25, -0.2) is 0 Å². The zero-order valence-corrected chi connectivity index (χ0v) is 22.8. The Balaban J connectivity index is 1.35. The molecule has 0 aliphatic carbocycles. The van der Waals surface area contributed by atoms with Crippen LogP contribution in [0.2, 0.25) is 0 Å². The monoisotopic (exact) mass is 616 g/mol. The summed E-state index contributed by atoms with van der Waals surface area (Å²) in [5, 5.41) is 12.3. The van der Waals surface area contributed by atoms with Gasteiger partial charge < -0.3 is 14.8 Å². The van der Waals surface area contributed by atoms with Gasteiger partial charge in [-0.1, -0.05) is 64.5 Å². The van der Waals surface area contributed by atoms with E-state index >= 15 is 0 Å². The summed E-state index contributed by atoms with van der Waals surface area (Å²) in [5.74, 6) is 0.856. The molecule has 0 aliphatic rings. The quantitative estimate of drug-likeness (QED) is 0.153. The van der Waals surface area contributed by atoms with Gasteiger partial charge in [0.25, 0.3) is 5.91 Å². The highest BCUT2D eigenvalue weighted by Gasteiger charge is 2.11. The largest absolute Gasteiger partial charge is 0.489 e. The maximum atomic E-state index is 12.7. The van der Waals surface area contributed by atoms with E-state index < -0.39 is 5.91 Å². The van der Waals surface area contributed by atoms with Crippen molar-refractivity contribution in [3.8, 4) is 17.6 Å². The van der Waals surface area contributed by atoms with E-state index in [9.17, 15) is 10.1 Å². The van der Waals surface area contributed by atoms with E-state index in [0.29, 0.717) is 36.0 Å². The van der Waals surface area contributed by atoms with Crippen molar-refractivity contribution in [2.75, 3.05) is 5.32 Å². The fourth-order valence-electron chi connectivity index (χ4n) is 3.35. The van der Waals surface area contributed by atoms with Gasteiger partial charge >= 0.3 is 0 Å². The molecule has 1 N–H and O–H groups in total. The first-order chi connectivity index (χ1) is 18.0. The van der Waals surface area contributed by atoms with Crippen molar-refractivity contribution < 1.29 is 14.3 Å². The Hall–Kier alpha value is -3.86. The summed E-state index contributed by atoms with van der Waals surface area (Å²) in [6.07, 6.45) is 1.54. The SMILES string of the molecule is N#C/C(=C\c1ccc(OCc2ccccc2)c(Br)c1)C(=O)Nc1ccc(OCc2ccc(Br)cc2)cc1. The second kappa shape index (κ2) is 12.9. The van der Waals surface area contributed by atoms with Crippen LogP contribution in [0.4, 0.5) is 5.69 Å². The van der Waals surface area contributed by atoms with Crippen LogP contribution in [0, 0.1) is 11.3 Å². The fraction of sp³-hybridized carbons (Fsp3) is 0.0667. The van der Waals surface area contributed by atoms with E-state index in [1.165, 1.54) is 6.08 Å². The summed E-state index contributed by atoms with van der Waals surface area (Å²) < 4.78 is 13.4. The van der Waals surface area contributed by atoms with Crippen LogP contribution in [0.3, 0.4) is 0 Å². The van der Waals surface area contributed by atoms with Crippen molar-refractivity contribution in [1.29, 1.82) is 5.26 Å². The maximum Gasteiger partial charge on any atom is 0.266 e. The number of carbonyl (C=O) groups is 1. The number of benzene rings is 4. The van der Waals surface area contributed by atoms with E-state index in [4.69, 9.17) is 9.47 Å². The normalized spacial score (nSPS) is 10.9. The standard InChI is InChI=1S/C30H22Br2N2O3/c31-25-9-6-22(7-10-25)19-36-27-13-11-26(12-14-27)34-30(35)24(18-33)16-23-8-15-29(28(32)17-23)37-20-21-4-2-1-3-5-21/h1-17H,19-20H2,(H,34,35)/b24-16+. The van der Waals surface area contributed by atoms with Crippen LogP contribution < -0.4 is 14.8 Å². The fourth-order valence-corrected chi connectivity index (χ4v) is 4.13. The lowest BCUT2D eigenvalue weighted by molar-refractivity contribution is -0.112. The molecular formula is C30H22Br2N2O3. The molecule has 184 valence electrons. The summed E-state index contributed by atoms with van der Waals surface area (Å²) in [6.45, 7) is 0.875. The molecule has 4 aromatic carbocycles. The van der Waals surface area contributed by atoms with Crippen molar-refractivity contribution >= 4 is 49.5 Å². The van der Waals surface area contributed by atoms with Crippen LogP contribution >= 0.6 is 31.9 Å². The van der Waals surface area contributed by atoms with Crippen LogP contribution in [0.25, 0.3) is 6.08 Å². The van der Waals surface area contributed by atoms with Crippen molar-refractivity contribution in [2.45, 2.75) is 13.2 Å². The van der Waals surface area contributed by atoms with Crippen molar-refractivity contribution in [2.24, 2.45) is 0 Å². The number of nitrogens with one attached hydrogen (secondary N) is 1. The maximum absolute atomic E-state index is 12.7. The van der Waals surface area contributed by atoms with Gasteiger partial charge in [0, 0.05) is 10.2 Å². The lowest BCUT2D eigenvalue weighted by atomic mass is 10.1. The Morgan fingerprint density at radius 2 is 1.51 bits per heavy atom. The smallest absolute Gasteiger partial charge is 0.266 e. The molecular weight excluding hydrogens is 596 g/mol. The molecule has 0 saturated carbocycles. The number of ether oxygens (including phenoxy) is 2. The highest BCUT2D eigenvalue weighted by molar-refractivity contribution is 9.10. The molecule has 4 aromatic rings. The Morgan fingerprint density at radius 1 is 0.838 bits per heavy atom. The molecule has 0 saturated heterocycles. The molecule has 0 spiro atoms. The molecule has 0 radical (unpaired) electrons. The minimum Gasteiger partial charge on any atom is -0.489 e. The van der Waals surface area contributed by atoms with Crippen LogP contribution in [0.15, 0.2) is 112 Å². The van der Waals surface area contributed by atoms with Gasteiger partial charge in [-0.3, -0.25) is 4.79 Å². The molecule has 1 amide bonds. The number of rotatable bonds is 9. The third-order valence-electron chi connectivity index (χ3n) is 5.30. The van der Waals surface area contributed by atoms with Gasteiger partial charge in [0.2, 0.25) is 0 Å². The van der Waals surface area contributed by atoms with E-state index in [1.54, 1.807) is 36.4 Å². The molecule has 0 atom stereocenters. The minimum absolute atomic E-state index is 0.0135. The van der Waals surface area contributed by atoms with E-state index in [1.807, 2.05) is 66.7 Å². The summed E-state index contributed by atoms with van der Waals surface area (Å²) in [5.41, 5.74) is 3.36. The second-order valence-electron chi connectivity index (χ2n) is 8.03. The molecule has 0 heterocycles. The number of hydrogen-bond acceptors (Lipinski definition) is 4. The lowest BCUT2D eigenvalue weighted by Gasteiger charge is -2.10. The van der Waals surface area contributed by atoms with Crippen molar-refractivity contribution in [1.82, 2.24) is 0 Å². The topological polar surface area (TPSA) is 71.3 Å². The Morgan fingerprint density at radius 3 is 2.19 bits per heavy atom. The van der Waals surface area contributed by atoms with Gasteiger partial charge in [-0.05, 0) is 87.2 Å². The average molecular weight is 618 g/mol. The Labute approximate surface area is 232 Å². The predicted octanol–water partition coefficient (Wildman–Crippen LogP) is 7.92. The van der Waals surface area contributed by atoms with E-state index in [2.05, 4.69) is 37.2 Å². The first kappa shape index (κ1) is 26.2. The summed E-state index contributed by atoms with van der Waals surface area (Å²) in [6, 6.07) is 32.2. The number of halogens is 2. The number of nitrogens with zero attached hydrogens (tertiary/aromatic N) is 1.